The molecule has 2 heterocycles. The molecule has 3 aromatic carbocycles. The highest BCUT2D eigenvalue weighted by atomic mass is 16.7. The lowest BCUT2D eigenvalue weighted by Crippen LogP contribution is -2.33. The van der Waals surface area contributed by atoms with Gasteiger partial charge >= 0.3 is 41.8 Å². The lowest BCUT2D eigenvalue weighted by molar-refractivity contribution is -0.167. The molecule has 0 N–H and O–H groups in total. The second-order valence-corrected chi connectivity index (χ2v) is 12.5. The number of Topliss-reactive ketones (excluding diaryl/α,β-unsaturated/α-hetero) is 1. The van der Waals surface area contributed by atoms with Gasteiger partial charge in [-0.15, -0.1) is 0 Å². The molecule has 1 spiro atoms. The van der Waals surface area contributed by atoms with Gasteiger partial charge in [0.1, 0.15) is 29.6 Å². The van der Waals surface area contributed by atoms with Gasteiger partial charge in [-0.2, -0.15) is 0 Å². The molecule has 0 fully saturated rings. The maximum atomic E-state index is 13.5. The highest BCUT2D eigenvalue weighted by Gasteiger charge is 2.54. The molecule has 306 valence electrons. The van der Waals surface area contributed by atoms with E-state index < -0.39 is 61.0 Å². The van der Waals surface area contributed by atoms with Crippen LogP contribution in [0.25, 0.3) is 0 Å². The summed E-state index contributed by atoms with van der Waals surface area (Å²) >= 11 is 0. The minimum absolute atomic E-state index is 0.0145. The monoisotopic (exact) mass is 806 g/mol. The Labute approximate surface area is 330 Å². The van der Waals surface area contributed by atoms with E-state index in [4.69, 9.17) is 28.4 Å². The number of ketones is 1. The number of rotatable bonds is 15. The molecule has 0 radical (unpaired) electrons. The van der Waals surface area contributed by atoms with Crippen LogP contribution in [0.5, 0.6) is 23.0 Å². The molecule has 0 saturated heterocycles. The van der Waals surface area contributed by atoms with Crippen molar-refractivity contribution in [3.8, 4) is 23.0 Å². The summed E-state index contributed by atoms with van der Waals surface area (Å²) in [4.78, 5) is 104. The van der Waals surface area contributed by atoms with Gasteiger partial charge in [0.2, 0.25) is 13.6 Å². The Morgan fingerprint density at radius 3 is 1.53 bits per heavy atom. The third-order valence-electron chi connectivity index (χ3n) is 8.10. The fraction of sp³-hybridized carbons (Fsp3) is 0.325. The average Bonchev–Trinajstić information content (AvgIpc) is 3.44. The van der Waals surface area contributed by atoms with Crippen molar-refractivity contribution in [2.45, 2.75) is 65.9 Å². The van der Waals surface area contributed by atoms with E-state index in [1.165, 1.54) is 46.8 Å². The summed E-state index contributed by atoms with van der Waals surface area (Å²) in [5.41, 5.74) is 0.393. The number of hydrogen-bond donors (Lipinski definition) is 0. The van der Waals surface area contributed by atoms with Crippen molar-refractivity contribution in [3.63, 3.8) is 0 Å². The number of esters is 7. The van der Waals surface area contributed by atoms with Crippen molar-refractivity contribution in [2.75, 3.05) is 20.2 Å². The third-order valence-corrected chi connectivity index (χ3v) is 8.10. The van der Waals surface area contributed by atoms with Crippen molar-refractivity contribution in [1.29, 1.82) is 0 Å². The molecule has 58 heavy (non-hydrogen) atoms. The highest BCUT2D eigenvalue weighted by Crippen LogP contribution is 2.58. The Morgan fingerprint density at radius 1 is 0.638 bits per heavy atom. The molecule has 0 atom stereocenters. The Bertz CT molecular complexity index is 2030. The Hall–Kier alpha value is -7.11. The van der Waals surface area contributed by atoms with E-state index in [2.05, 4.69) is 14.2 Å². The van der Waals surface area contributed by atoms with E-state index >= 15 is 0 Å². The maximum absolute atomic E-state index is 13.5. The van der Waals surface area contributed by atoms with E-state index in [0.29, 0.717) is 27.8 Å². The van der Waals surface area contributed by atoms with Crippen LogP contribution in [0.1, 0.15) is 85.6 Å². The van der Waals surface area contributed by atoms with Crippen LogP contribution in [0, 0.1) is 0 Å². The molecule has 3 aromatic rings. The lowest BCUT2D eigenvalue weighted by Gasteiger charge is -2.37. The first kappa shape index (κ1) is 43.6. The van der Waals surface area contributed by atoms with Crippen LogP contribution in [0.3, 0.4) is 0 Å². The van der Waals surface area contributed by atoms with E-state index in [-0.39, 0.29) is 73.1 Å². The molecular formula is C40H38O18. The standard InChI is InChI=1S/C36H32O15.C4H6O3/c1-19(37)44-17-46-33(41)11-9-23-13-27-31(15-29(23)48-21(3)39)50-32-16-30(49-22(4)40)24(10-12-34(42)47-18-45-20(2)38)14-28(32)36(27)26-8-6-5-7-25(26)35(43)51-36;1-4(6)2-7-3-5/h5-8,13-16H,9-12,17-18H2,1-4H3;3H,2H2,1H3. The van der Waals surface area contributed by atoms with Crippen LogP contribution in [-0.2, 0) is 85.2 Å². The predicted octanol–water partition coefficient (Wildman–Crippen LogP) is 3.85. The van der Waals surface area contributed by atoms with Crippen molar-refractivity contribution in [3.05, 3.63) is 81.9 Å². The number of carbonyl (C=O) groups excluding carboxylic acids is 9. The molecule has 2 aliphatic rings. The number of carbonyl (C=O) groups is 9. The third kappa shape index (κ3) is 11.0. The average molecular weight is 807 g/mol. The summed E-state index contributed by atoms with van der Waals surface area (Å²) in [6.45, 7) is 5.07. The van der Waals surface area contributed by atoms with Crippen LogP contribution >= 0.6 is 0 Å². The van der Waals surface area contributed by atoms with E-state index in [1.54, 1.807) is 36.4 Å². The molecule has 0 amide bonds. The quantitative estimate of drug-likeness (QED) is 0.0697. The zero-order chi connectivity index (χ0) is 42.6. The van der Waals surface area contributed by atoms with Crippen LogP contribution in [-0.4, -0.2) is 74.2 Å². The van der Waals surface area contributed by atoms with Gasteiger partial charge in [0.25, 0.3) is 6.47 Å². The van der Waals surface area contributed by atoms with Crippen molar-refractivity contribution in [2.24, 2.45) is 0 Å². The zero-order valence-electron chi connectivity index (χ0n) is 32.0. The lowest BCUT2D eigenvalue weighted by atomic mass is 9.76. The Kier molecular flexibility index (Phi) is 14.8. The molecule has 2 aliphatic heterocycles. The fourth-order valence-electron chi connectivity index (χ4n) is 5.83. The summed E-state index contributed by atoms with van der Waals surface area (Å²) in [5, 5.41) is 0. The van der Waals surface area contributed by atoms with Gasteiger partial charge in [0.15, 0.2) is 11.4 Å². The second kappa shape index (κ2) is 19.7. The molecule has 0 aromatic heterocycles. The molecule has 0 unspecified atom stereocenters. The second-order valence-electron chi connectivity index (χ2n) is 12.5. The van der Waals surface area contributed by atoms with E-state index in [1.807, 2.05) is 0 Å². The van der Waals surface area contributed by atoms with Gasteiger partial charge in [-0.25, -0.2) is 4.79 Å². The number of fused-ring (bicyclic) bond motifs is 6. The Balaban J connectivity index is 0.000000973. The largest absolute Gasteiger partial charge is 0.460 e. The maximum Gasteiger partial charge on any atom is 0.340 e. The van der Waals surface area contributed by atoms with Crippen LogP contribution < -0.4 is 14.2 Å². The normalized spacial score (nSPS) is 12.3. The summed E-state index contributed by atoms with van der Waals surface area (Å²) in [6.07, 6.45) is -0.448. The first-order chi connectivity index (χ1) is 27.5. The number of benzene rings is 3. The first-order valence-corrected chi connectivity index (χ1v) is 17.4. The minimum atomic E-state index is -1.66. The van der Waals surface area contributed by atoms with E-state index in [0.717, 1.165) is 0 Å². The summed E-state index contributed by atoms with van der Waals surface area (Å²) in [5.74, 6) is -4.44. The van der Waals surface area contributed by atoms with Crippen molar-refractivity contribution >= 4 is 54.0 Å². The molecule has 18 nitrogen and oxygen atoms in total. The smallest absolute Gasteiger partial charge is 0.340 e. The van der Waals surface area contributed by atoms with Crippen LogP contribution in [0.15, 0.2) is 48.5 Å². The summed E-state index contributed by atoms with van der Waals surface area (Å²) in [6, 6.07) is 12.7. The minimum Gasteiger partial charge on any atom is -0.460 e. The number of ether oxygens (including phenoxy) is 9. The fourth-order valence-corrected chi connectivity index (χ4v) is 5.83. The van der Waals surface area contributed by atoms with Gasteiger partial charge in [0, 0.05) is 69.4 Å². The molecule has 0 aliphatic carbocycles. The number of aryl methyl sites for hydroxylation is 2. The summed E-state index contributed by atoms with van der Waals surface area (Å²) < 4.78 is 46.9. The van der Waals surface area contributed by atoms with Gasteiger partial charge in [-0.05, 0) is 49.1 Å². The molecular weight excluding hydrogens is 768 g/mol. The molecule has 18 heteroatoms. The van der Waals surface area contributed by atoms with Gasteiger partial charge in [-0.3, -0.25) is 38.4 Å². The highest BCUT2D eigenvalue weighted by molar-refractivity contribution is 5.97. The first-order valence-electron chi connectivity index (χ1n) is 17.4. The molecule has 0 saturated carbocycles. The molecule has 0 bridgehead atoms. The van der Waals surface area contributed by atoms with Gasteiger partial charge in [-0.1, -0.05) is 18.2 Å². The van der Waals surface area contributed by atoms with Gasteiger partial charge in [0.05, 0.1) is 5.56 Å². The number of hydrogen-bond acceptors (Lipinski definition) is 18. The van der Waals surface area contributed by atoms with Crippen LogP contribution in [0.4, 0.5) is 0 Å². The van der Waals surface area contributed by atoms with E-state index in [9.17, 15) is 43.2 Å². The summed E-state index contributed by atoms with van der Waals surface area (Å²) in [7, 11) is 0. The Morgan fingerprint density at radius 2 is 1.12 bits per heavy atom. The topological polar surface area (TPSA) is 237 Å². The van der Waals surface area contributed by atoms with Crippen molar-refractivity contribution in [1.82, 2.24) is 0 Å². The zero-order valence-corrected chi connectivity index (χ0v) is 32.0. The SMILES string of the molecule is CC(=O)COC=O.CC(=O)OCOC(=O)CCc1cc2c(cc1OC(C)=O)Oc1cc(OC(C)=O)c(CCC(=O)OCOC(C)=O)cc1C21OC(=O)c2ccccc21. The van der Waals surface area contributed by atoms with Crippen LogP contribution in [0.2, 0.25) is 0 Å². The van der Waals surface area contributed by atoms with Gasteiger partial charge < -0.3 is 42.6 Å². The van der Waals surface area contributed by atoms with Crippen molar-refractivity contribution < 1.29 is 85.8 Å². The predicted molar refractivity (Wildman–Crippen MR) is 192 cm³/mol. The molecule has 5 rings (SSSR count).